The summed E-state index contributed by atoms with van der Waals surface area (Å²) < 4.78 is 220. The summed E-state index contributed by atoms with van der Waals surface area (Å²) in [4.78, 5) is 0. The molecule has 3 N–H and O–H groups in total. The first-order valence-electron chi connectivity index (χ1n) is 5.71. The van der Waals surface area contributed by atoms with Crippen LogP contribution >= 0.6 is 8.07 Å². The standard InChI is InChI=1S/C7H3F15N3.F3OP/c8-2(9,10)5(17,18)25(1(23)24,6(19,20)3(11,12)13)7(21,22)4(14,15)16;1-5(2,3)4/h(H3,23,24);/q+1;. The van der Waals surface area contributed by atoms with Crippen molar-refractivity contribution < 1.29 is 87.5 Å². The lowest BCUT2D eigenvalue weighted by molar-refractivity contribution is -1.10. The largest absolute Gasteiger partial charge is 0.591 e. The van der Waals surface area contributed by atoms with Crippen LogP contribution in [-0.2, 0) is 4.57 Å². The van der Waals surface area contributed by atoms with Crippen molar-refractivity contribution in [2.24, 2.45) is 5.73 Å². The molecule has 4 nitrogen and oxygen atoms in total. The minimum atomic E-state index is -8.20. The molecule has 23 heteroatoms. The summed E-state index contributed by atoms with van der Waals surface area (Å²) in [6, 6.07) is -24.6. The lowest BCUT2D eigenvalue weighted by Crippen LogP contribution is -2.87. The van der Waals surface area contributed by atoms with Gasteiger partial charge in [0.25, 0.3) is 0 Å². The van der Waals surface area contributed by atoms with Crippen LogP contribution in [0.1, 0.15) is 0 Å². The van der Waals surface area contributed by atoms with E-state index in [1.54, 1.807) is 0 Å². The number of hydrogen-bond donors (Lipinski definition) is 2. The molecule has 0 aliphatic carbocycles. The summed E-state index contributed by atoms with van der Waals surface area (Å²) in [5.74, 6) is -4.15. The van der Waals surface area contributed by atoms with Gasteiger partial charge < -0.3 is 5.73 Å². The molecule has 0 saturated heterocycles. The molecule has 0 bridgehead atoms. The van der Waals surface area contributed by atoms with E-state index in [0.29, 0.717) is 0 Å². The normalized spacial score (nSPS) is 15.4. The molecule has 0 aromatic heterocycles. The highest BCUT2D eigenvalue weighted by Crippen LogP contribution is 2.62. The quantitative estimate of drug-likeness (QED) is 0.117. The Morgan fingerprint density at radius 1 is 0.600 bits per heavy atom. The Hall–Kier alpha value is -1.60. The molecule has 0 aliphatic rings. The Balaban J connectivity index is 0. The van der Waals surface area contributed by atoms with Crippen LogP contribution in [0.3, 0.4) is 0 Å². The lowest BCUT2D eigenvalue weighted by Gasteiger charge is -2.48. The van der Waals surface area contributed by atoms with E-state index in [4.69, 9.17) is 9.97 Å². The number of nitrogens with two attached hydrogens (primary N) is 1. The highest BCUT2D eigenvalue weighted by molar-refractivity contribution is 7.47. The van der Waals surface area contributed by atoms with Gasteiger partial charge in [0.1, 0.15) is 0 Å². The van der Waals surface area contributed by atoms with Gasteiger partial charge in [0.05, 0.1) is 0 Å². The summed E-state index contributed by atoms with van der Waals surface area (Å²) in [6.07, 6.45) is -23.5. The smallest absolute Gasteiger partial charge is 0.338 e. The monoisotopic (exact) mass is 518 g/mol. The Morgan fingerprint density at radius 3 is 0.800 bits per heavy atom. The Morgan fingerprint density at radius 2 is 0.733 bits per heavy atom. The maximum Gasteiger partial charge on any atom is 0.591 e. The molecule has 182 valence electrons. The highest BCUT2D eigenvalue weighted by atomic mass is 31.3. The van der Waals surface area contributed by atoms with Crippen molar-refractivity contribution in [3.8, 4) is 0 Å². The number of alkyl halides is 15. The number of guanidine groups is 1. The van der Waals surface area contributed by atoms with E-state index < -0.39 is 55.2 Å². The van der Waals surface area contributed by atoms with Crippen molar-refractivity contribution in [3.63, 3.8) is 0 Å². The number of quaternary nitrogens is 1. The number of rotatable bonds is 3. The summed E-state index contributed by atoms with van der Waals surface area (Å²) in [6.45, 7) is 0. The molecule has 0 atom stereocenters. The first kappa shape index (κ1) is 30.6. The van der Waals surface area contributed by atoms with Gasteiger partial charge >= 0.3 is 50.7 Å². The topological polar surface area (TPSA) is 66.9 Å². The summed E-state index contributed by atoms with van der Waals surface area (Å²) in [5.41, 5.74) is 3.64. The zero-order valence-electron chi connectivity index (χ0n) is 12.7. The molecule has 0 saturated carbocycles. The van der Waals surface area contributed by atoms with Crippen LogP contribution in [0.4, 0.5) is 78.4 Å². The fourth-order valence-electron chi connectivity index (χ4n) is 1.55. The van der Waals surface area contributed by atoms with E-state index in [9.17, 15) is 78.4 Å². The molecule has 0 unspecified atom stereocenters. The van der Waals surface area contributed by atoms with Crippen molar-refractivity contribution in [1.82, 2.24) is 0 Å². The average molecular weight is 518 g/mol. The van der Waals surface area contributed by atoms with Crippen molar-refractivity contribution in [3.05, 3.63) is 0 Å². The number of halogens is 18. The van der Waals surface area contributed by atoms with E-state index in [1.807, 2.05) is 0 Å². The van der Waals surface area contributed by atoms with Crippen LogP contribution in [0.15, 0.2) is 0 Å². The zero-order chi connectivity index (χ0) is 25.6. The third-order valence-electron chi connectivity index (χ3n) is 2.65. The Kier molecular flexibility index (Phi) is 7.98. The van der Waals surface area contributed by atoms with Gasteiger partial charge in [-0.2, -0.15) is 39.5 Å². The van der Waals surface area contributed by atoms with Crippen molar-refractivity contribution >= 4 is 14.0 Å². The fraction of sp³-hybridized carbons (Fsp3) is 0.857. The third-order valence-corrected chi connectivity index (χ3v) is 2.65. The second kappa shape index (κ2) is 7.83. The van der Waals surface area contributed by atoms with Crippen LogP contribution in [0.25, 0.3) is 0 Å². The van der Waals surface area contributed by atoms with Crippen molar-refractivity contribution in [1.29, 1.82) is 5.41 Å². The van der Waals surface area contributed by atoms with Crippen LogP contribution < -0.4 is 5.73 Å². The molecular formula is C7H3F18N3OP+. The van der Waals surface area contributed by atoms with Gasteiger partial charge in [-0.25, -0.2) is 9.97 Å². The molecule has 0 rings (SSSR count). The van der Waals surface area contributed by atoms with Gasteiger partial charge in [0.15, 0.2) is 0 Å². The maximum atomic E-state index is 13.2. The predicted molar refractivity (Wildman–Crippen MR) is 56.1 cm³/mol. The van der Waals surface area contributed by atoms with Gasteiger partial charge in [-0.15, -0.1) is 38.9 Å². The minimum Gasteiger partial charge on any atom is -0.338 e. The van der Waals surface area contributed by atoms with Crippen LogP contribution in [0.2, 0.25) is 0 Å². The SMILES string of the molecule is N=C(N)[N+](C(F)(F)C(F)(F)F)(C(F)(F)C(F)(F)F)C(F)(F)C(F)(F)F.O=P(F)(F)F. The van der Waals surface area contributed by atoms with E-state index in [-0.39, 0.29) is 0 Å². The van der Waals surface area contributed by atoms with Crippen molar-refractivity contribution in [2.45, 2.75) is 36.7 Å². The van der Waals surface area contributed by atoms with Crippen LogP contribution in [0.5, 0.6) is 0 Å². The highest BCUT2D eigenvalue weighted by Gasteiger charge is 2.99. The first-order valence-corrected chi connectivity index (χ1v) is 7.09. The van der Waals surface area contributed by atoms with E-state index in [2.05, 4.69) is 5.73 Å². The Labute approximate surface area is 151 Å². The number of hydrogen-bond acceptors (Lipinski definition) is 2. The molecule has 0 spiro atoms. The number of nitrogens with zero attached hydrogens (tertiary/aromatic N) is 1. The molecule has 0 radical (unpaired) electrons. The summed E-state index contributed by atoms with van der Waals surface area (Å²) in [5, 5.41) is 6.02. The molecule has 0 amide bonds. The van der Waals surface area contributed by atoms with E-state index >= 15 is 0 Å². The van der Waals surface area contributed by atoms with E-state index in [1.165, 1.54) is 0 Å². The van der Waals surface area contributed by atoms with Gasteiger partial charge in [-0.3, -0.25) is 0 Å². The van der Waals surface area contributed by atoms with Gasteiger partial charge in [-0.05, 0) is 0 Å². The summed E-state index contributed by atoms with van der Waals surface area (Å²) >= 11 is 0. The van der Waals surface area contributed by atoms with Crippen LogP contribution in [-0.4, -0.2) is 47.1 Å². The zero-order valence-corrected chi connectivity index (χ0v) is 13.6. The van der Waals surface area contributed by atoms with Gasteiger partial charge in [-0.1, -0.05) is 4.48 Å². The molecule has 0 heterocycles. The second-order valence-corrected chi connectivity index (χ2v) is 5.37. The maximum absolute atomic E-state index is 13.2. The lowest BCUT2D eigenvalue weighted by atomic mass is 10.2. The van der Waals surface area contributed by atoms with Gasteiger partial charge in [0.2, 0.25) is 0 Å². The molecule has 0 aliphatic heterocycles. The molecule has 30 heavy (non-hydrogen) atoms. The van der Waals surface area contributed by atoms with E-state index in [0.717, 1.165) is 0 Å². The fourth-order valence-corrected chi connectivity index (χ4v) is 1.55. The minimum absolute atomic E-state index is 3.64. The molecular weight excluding hydrogens is 515 g/mol. The second-order valence-electron chi connectivity index (χ2n) is 4.57. The molecule has 0 aromatic carbocycles. The average Bonchev–Trinajstić information content (AvgIpc) is 2.30. The molecule has 0 aromatic rings. The predicted octanol–water partition coefficient (Wildman–Crippen LogP) is 6.16. The molecule has 0 fully saturated rings. The van der Waals surface area contributed by atoms with Gasteiger partial charge in [0, 0.05) is 0 Å². The van der Waals surface area contributed by atoms with Crippen LogP contribution in [0, 0.1) is 5.41 Å². The number of nitrogens with one attached hydrogen (secondary N) is 1. The van der Waals surface area contributed by atoms with Crippen molar-refractivity contribution in [2.75, 3.05) is 0 Å². The first-order chi connectivity index (χ1) is 12.4. The third kappa shape index (κ3) is 4.99. The Bertz CT molecular complexity index is 596. The summed E-state index contributed by atoms with van der Waals surface area (Å²) in [7, 11) is -6.14.